The zero-order valence-electron chi connectivity index (χ0n) is 12.3. The van der Waals surface area contributed by atoms with E-state index in [0.29, 0.717) is 0 Å². The summed E-state index contributed by atoms with van der Waals surface area (Å²) >= 11 is 1.84. The first kappa shape index (κ1) is 13.2. The standard InChI is InChI=1S/C16H19N3S/c1-17-11-5-7-13-15(9-11)20-16-10-12(18(2)3)6-8-14(16)19(13)4/h5-10,17H,1-4H3. The molecule has 0 radical (unpaired) electrons. The minimum atomic E-state index is 1.15. The van der Waals surface area contributed by atoms with Crippen molar-refractivity contribution in [2.75, 3.05) is 43.3 Å². The number of nitrogens with one attached hydrogen (secondary N) is 1. The second-order valence-corrected chi connectivity index (χ2v) is 6.22. The third-order valence-electron chi connectivity index (χ3n) is 3.65. The summed E-state index contributed by atoms with van der Waals surface area (Å²) in [5.41, 5.74) is 4.92. The lowest BCUT2D eigenvalue weighted by atomic mass is 10.2. The molecule has 1 N–H and O–H groups in total. The molecule has 104 valence electrons. The third-order valence-corrected chi connectivity index (χ3v) is 4.74. The molecule has 2 aromatic carbocycles. The van der Waals surface area contributed by atoms with E-state index in [1.165, 1.54) is 26.9 Å². The molecule has 20 heavy (non-hydrogen) atoms. The van der Waals surface area contributed by atoms with Gasteiger partial charge < -0.3 is 15.1 Å². The molecule has 0 amide bonds. The molecule has 0 bridgehead atoms. The average molecular weight is 285 g/mol. The molecule has 1 aliphatic rings. The largest absolute Gasteiger partial charge is 0.388 e. The summed E-state index contributed by atoms with van der Waals surface area (Å²) < 4.78 is 0. The molecule has 0 atom stereocenters. The fourth-order valence-electron chi connectivity index (χ4n) is 2.42. The van der Waals surface area contributed by atoms with Crippen molar-refractivity contribution in [2.24, 2.45) is 0 Å². The van der Waals surface area contributed by atoms with E-state index in [0.717, 1.165) is 5.69 Å². The topological polar surface area (TPSA) is 18.5 Å². The van der Waals surface area contributed by atoms with Gasteiger partial charge in [0.05, 0.1) is 11.4 Å². The minimum Gasteiger partial charge on any atom is -0.388 e. The van der Waals surface area contributed by atoms with Gasteiger partial charge in [-0.3, -0.25) is 0 Å². The number of anilines is 4. The quantitative estimate of drug-likeness (QED) is 0.897. The van der Waals surface area contributed by atoms with Crippen LogP contribution in [0.3, 0.4) is 0 Å². The molecule has 2 aromatic rings. The van der Waals surface area contributed by atoms with Crippen LogP contribution in [0.15, 0.2) is 46.2 Å². The van der Waals surface area contributed by atoms with Gasteiger partial charge in [0.15, 0.2) is 0 Å². The highest BCUT2D eigenvalue weighted by Crippen LogP contribution is 2.49. The number of benzene rings is 2. The van der Waals surface area contributed by atoms with E-state index in [-0.39, 0.29) is 0 Å². The molecule has 0 aromatic heterocycles. The maximum atomic E-state index is 3.21. The molecule has 3 rings (SSSR count). The Morgan fingerprint density at radius 2 is 1.65 bits per heavy atom. The maximum Gasteiger partial charge on any atom is 0.0551 e. The van der Waals surface area contributed by atoms with E-state index < -0.39 is 0 Å². The fourth-order valence-corrected chi connectivity index (χ4v) is 3.64. The summed E-state index contributed by atoms with van der Waals surface area (Å²) in [5, 5.41) is 3.21. The highest BCUT2D eigenvalue weighted by molar-refractivity contribution is 7.99. The minimum absolute atomic E-state index is 1.15. The Morgan fingerprint density at radius 1 is 1.00 bits per heavy atom. The van der Waals surface area contributed by atoms with Gasteiger partial charge in [0.25, 0.3) is 0 Å². The molecule has 0 saturated heterocycles. The Labute approximate surface area is 124 Å². The van der Waals surface area contributed by atoms with Crippen molar-refractivity contribution in [1.29, 1.82) is 0 Å². The average Bonchev–Trinajstić information content (AvgIpc) is 2.46. The number of hydrogen-bond donors (Lipinski definition) is 1. The Bertz CT molecular complexity index is 652. The highest BCUT2D eigenvalue weighted by atomic mass is 32.2. The van der Waals surface area contributed by atoms with Gasteiger partial charge in [-0.25, -0.2) is 0 Å². The van der Waals surface area contributed by atoms with Crippen LogP contribution in [0.5, 0.6) is 0 Å². The summed E-state index contributed by atoms with van der Waals surface area (Å²) in [6, 6.07) is 13.1. The predicted molar refractivity (Wildman–Crippen MR) is 88.9 cm³/mol. The first-order valence-corrected chi connectivity index (χ1v) is 7.46. The van der Waals surface area contributed by atoms with Crippen LogP contribution in [0.1, 0.15) is 0 Å². The molecule has 1 aliphatic heterocycles. The van der Waals surface area contributed by atoms with Crippen LogP contribution in [0.4, 0.5) is 22.7 Å². The number of nitrogens with zero attached hydrogens (tertiary/aromatic N) is 2. The Morgan fingerprint density at radius 3 is 2.30 bits per heavy atom. The summed E-state index contributed by atoms with van der Waals surface area (Å²) in [7, 11) is 8.24. The van der Waals surface area contributed by atoms with Crippen molar-refractivity contribution in [2.45, 2.75) is 9.79 Å². The van der Waals surface area contributed by atoms with Gasteiger partial charge in [-0.2, -0.15) is 0 Å². The first-order chi connectivity index (χ1) is 9.60. The zero-order valence-corrected chi connectivity index (χ0v) is 13.1. The highest BCUT2D eigenvalue weighted by Gasteiger charge is 2.21. The molecule has 4 heteroatoms. The third kappa shape index (κ3) is 2.10. The second kappa shape index (κ2) is 4.94. The summed E-state index contributed by atoms with van der Waals surface area (Å²) in [6.07, 6.45) is 0. The van der Waals surface area contributed by atoms with E-state index in [4.69, 9.17) is 0 Å². The Hall–Kier alpha value is -1.81. The van der Waals surface area contributed by atoms with Gasteiger partial charge >= 0.3 is 0 Å². The molecule has 0 spiro atoms. The molecule has 0 saturated carbocycles. The van der Waals surface area contributed by atoms with Crippen LogP contribution in [0.2, 0.25) is 0 Å². The summed E-state index contributed by atoms with van der Waals surface area (Å²) in [5.74, 6) is 0. The van der Waals surface area contributed by atoms with Crippen LogP contribution in [0, 0.1) is 0 Å². The van der Waals surface area contributed by atoms with E-state index in [9.17, 15) is 0 Å². The molecule has 3 nitrogen and oxygen atoms in total. The van der Waals surface area contributed by atoms with Crippen molar-refractivity contribution in [3.05, 3.63) is 36.4 Å². The maximum absolute atomic E-state index is 3.21. The van der Waals surface area contributed by atoms with Crippen LogP contribution in [0.25, 0.3) is 0 Å². The van der Waals surface area contributed by atoms with Crippen LogP contribution in [-0.2, 0) is 0 Å². The lowest BCUT2D eigenvalue weighted by Gasteiger charge is -2.30. The fraction of sp³-hybridized carbons (Fsp3) is 0.250. The van der Waals surface area contributed by atoms with Gasteiger partial charge in [0.1, 0.15) is 0 Å². The lowest BCUT2D eigenvalue weighted by molar-refractivity contribution is 1.08. The molecular formula is C16H19N3S. The Kier molecular flexibility index (Phi) is 3.26. The van der Waals surface area contributed by atoms with Crippen molar-refractivity contribution in [3.63, 3.8) is 0 Å². The SMILES string of the molecule is CNc1ccc2c(c1)Sc1cc(N(C)C)ccc1N2C. The van der Waals surface area contributed by atoms with E-state index in [1.54, 1.807) is 0 Å². The Balaban J connectivity index is 2.07. The van der Waals surface area contributed by atoms with Gasteiger partial charge in [-0.1, -0.05) is 11.8 Å². The molecule has 0 unspecified atom stereocenters. The van der Waals surface area contributed by atoms with Crippen molar-refractivity contribution in [3.8, 4) is 0 Å². The van der Waals surface area contributed by atoms with Gasteiger partial charge in [-0.15, -0.1) is 0 Å². The summed E-state index contributed by atoms with van der Waals surface area (Å²) in [6.45, 7) is 0. The van der Waals surface area contributed by atoms with Gasteiger partial charge in [0, 0.05) is 49.4 Å². The smallest absolute Gasteiger partial charge is 0.0551 e. The van der Waals surface area contributed by atoms with Crippen molar-refractivity contribution >= 4 is 34.5 Å². The number of fused-ring (bicyclic) bond motifs is 2. The van der Waals surface area contributed by atoms with Crippen molar-refractivity contribution in [1.82, 2.24) is 0 Å². The van der Waals surface area contributed by atoms with E-state index in [2.05, 4.69) is 72.7 Å². The number of rotatable bonds is 2. The zero-order chi connectivity index (χ0) is 14.3. The predicted octanol–water partition coefficient (Wildman–Crippen LogP) is 4.03. The van der Waals surface area contributed by atoms with Crippen LogP contribution < -0.4 is 15.1 Å². The van der Waals surface area contributed by atoms with Crippen molar-refractivity contribution < 1.29 is 0 Å². The van der Waals surface area contributed by atoms with Crippen LogP contribution in [-0.4, -0.2) is 28.2 Å². The lowest BCUT2D eigenvalue weighted by Crippen LogP contribution is -2.16. The summed E-state index contributed by atoms with van der Waals surface area (Å²) in [4.78, 5) is 7.00. The van der Waals surface area contributed by atoms with E-state index in [1.807, 2.05) is 18.8 Å². The first-order valence-electron chi connectivity index (χ1n) is 6.65. The number of hydrogen-bond acceptors (Lipinski definition) is 4. The molecule has 0 fully saturated rings. The van der Waals surface area contributed by atoms with E-state index >= 15 is 0 Å². The molecule has 0 aliphatic carbocycles. The monoisotopic (exact) mass is 285 g/mol. The van der Waals surface area contributed by atoms with Gasteiger partial charge in [-0.05, 0) is 36.4 Å². The second-order valence-electron chi connectivity index (χ2n) is 5.14. The molecular weight excluding hydrogens is 266 g/mol. The normalized spacial score (nSPS) is 12.7. The van der Waals surface area contributed by atoms with Crippen LogP contribution >= 0.6 is 11.8 Å². The van der Waals surface area contributed by atoms with Gasteiger partial charge in [0.2, 0.25) is 0 Å². The molecule has 1 heterocycles.